The molecular formula is C11H16N2O2. The molecule has 15 heavy (non-hydrogen) atoms. The quantitative estimate of drug-likeness (QED) is 0.753. The molecule has 1 amide bonds. The Hall–Kier alpha value is -1.29. The lowest BCUT2D eigenvalue weighted by Gasteiger charge is -2.29. The third-order valence-electron chi connectivity index (χ3n) is 2.88. The summed E-state index contributed by atoms with van der Waals surface area (Å²) in [5, 5.41) is 0. The van der Waals surface area contributed by atoms with Crippen LogP contribution in [0.25, 0.3) is 0 Å². The second-order valence-electron chi connectivity index (χ2n) is 4.06. The molecular weight excluding hydrogens is 192 g/mol. The highest BCUT2D eigenvalue weighted by molar-refractivity contribution is 5.92. The summed E-state index contributed by atoms with van der Waals surface area (Å²) >= 11 is 0. The number of carbonyl (C=O) groups excluding carboxylic acids is 1. The average Bonchev–Trinajstić information content (AvgIpc) is 2.65. The molecule has 0 radical (unpaired) electrons. The van der Waals surface area contributed by atoms with E-state index >= 15 is 0 Å². The molecule has 0 spiro atoms. The number of piperidine rings is 1. The van der Waals surface area contributed by atoms with Gasteiger partial charge in [0.25, 0.3) is 5.91 Å². The van der Waals surface area contributed by atoms with Crippen molar-refractivity contribution in [3.63, 3.8) is 0 Å². The Labute approximate surface area is 89.0 Å². The predicted molar refractivity (Wildman–Crippen MR) is 56.6 cm³/mol. The predicted octanol–water partition coefficient (Wildman–Crippen LogP) is 1.15. The molecule has 2 rings (SSSR count). The summed E-state index contributed by atoms with van der Waals surface area (Å²) in [5.41, 5.74) is 6.68. The van der Waals surface area contributed by atoms with Gasteiger partial charge in [0.05, 0.1) is 6.26 Å². The fourth-order valence-electron chi connectivity index (χ4n) is 1.84. The first-order valence-electron chi connectivity index (χ1n) is 5.27. The molecule has 1 aliphatic heterocycles. The zero-order valence-corrected chi connectivity index (χ0v) is 8.90. The molecule has 1 fully saturated rings. The van der Waals surface area contributed by atoms with Crippen LogP contribution in [0.2, 0.25) is 0 Å². The molecule has 1 aliphatic rings. The maximum Gasteiger partial charge on any atom is 0.289 e. The van der Waals surface area contributed by atoms with Crippen molar-refractivity contribution in [2.75, 3.05) is 13.1 Å². The van der Waals surface area contributed by atoms with Crippen LogP contribution < -0.4 is 5.73 Å². The van der Waals surface area contributed by atoms with E-state index in [1.807, 2.05) is 17.9 Å². The normalized spacial score (nSPS) is 18.1. The van der Waals surface area contributed by atoms with Gasteiger partial charge in [-0.25, -0.2) is 0 Å². The van der Waals surface area contributed by atoms with Crippen LogP contribution in [0.15, 0.2) is 16.7 Å². The Balaban J connectivity index is 2.06. The number of aryl methyl sites for hydroxylation is 1. The highest BCUT2D eigenvalue weighted by Gasteiger charge is 2.24. The van der Waals surface area contributed by atoms with Crippen LogP contribution >= 0.6 is 0 Å². The van der Waals surface area contributed by atoms with Gasteiger partial charge in [-0.15, -0.1) is 0 Å². The fourth-order valence-corrected chi connectivity index (χ4v) is 1.84. The number of hydrogen-bond donors (Lipinski definition) is 1. The highest BCUT2D eigenvalue weighted by atomic mass is 16.3. The number of nitrogens with zero attached hydrogens (tertiary/aromatic N) is 1. The third kappa shape index (κ3) is 2.04. The van der Waals surface area contributed by atoms with Gasteiger partial charge >= 0.3 is 0 Å². The average molecular weight is 208 g/mol. The zero-order valence-electron chi connectivity index (χ0n) is 8.90. The van der Waals surface area contributed by atoms with E-state index < -0.39 is 0 Å². The van der Waals surface area contributed by atoms with Crippen molar-refractivity contribution in [3.8, 4) is 0 Å². The van der Waals surface area contributed by atoms with Gasteiger partial charge in [0.1, 0.15) is 0 Å². The number of hydrogen-bond acceptors (Lipinski definition) is 3. The van der Waals surface area contributed by atoms with Gasteiger partial charge in [0.2, 0.25) is 0 Å². The first-order chi connectivity index (χ1) is 7.18. The monoisotopic (exact) mass is 208 g/mol. The Morgan fingerprint density at radius 2 is 2.20 bits per heavy atom. The second-order valence-corrected chi connectivity index (χ2v) is 4.06. The van der Waals surface area contributed by atoms with Gasteiger partial charge in [-0.1, -0.05) is 0 Å². The van der Waals surface area contributed by atoms with Gasteiger partial charge in [-0.2, -0.15) is 0 Å². The van der Waals surface area contributed by atoms with Crippen LogP contribution in [0.3, 0.4) is 0 Å². The van der Waals surface area contributed by atoms with Crippen LogP contribution in [-0.4, -0.2) is 29.9 Å². The molecule has 0 aromatic carbocycles. The van der Waals surface area contributed by atoms with Crippen molar-refractivity contribution in [1.29, 1.82) is 0 Å². The lowest BCUT2D eigenvalue weighted by Crippen LogP contribution is -2.42. The molecule has 1 aromatic heterocycles. The summed E-state index contributed by atoms with van der Waals surface area (Å²) in [5.74, 6) is 0.454. The number of carbonyl (C=O) groups is 1. The van der Waals surface area contributed by atoms with Crippen LogP contribution in [-0.2, 0) is 0 Å². The van der Waals surface area contributed by atoms with Gasteiger partial charge in [0, 0.05) is 24.7 Å². The molecule has 0 unspecified atom stereocenters. The Morgan fingerprint density at radius 1 is 1.53 bits per heavy atom. The number of amides is 1. The van der Waals surface area contributed by atoms with E-state index in [9.17, 15) is 4.79 Å². The largest absolute Gasteiger partial charge is 0.459 e. The number of rotatable bonds is 1. The van der Waals surface area contributed by atoms with E-state index in [1.54, 1.807) is 6.26 Å². The Kier molecular flexibility index (Phi) is 2.77. The van der Waals surface area contributed by atoms with Crippen molar-refractivity contribution in [2.45, 2.75) is 25.8 Å². The molecule has 82 valence electrons. The maximum absolute atomic E-state index is 12.0. The van der Waals surface area contributed by atoms with Crippen molar-refractivity contribution >= 4 is 5.91 Å². The van der Waals surface area contributed by atoms with E-state index in [0.29, 0.717) is 5.76 Å². The molecule has 1 aromatic rings. The number of likely N-dealkylation sites (tertiary alicyclic amines) is 1. The van der Waals surface area contributed by atoms with E-state index in [0.717, 1.165) is 31.5 Å². The van der Waals surface area contributed by atoms with Crippen molar-refractivity contribution in [2.24, 2.45) is 5.73 Å². The first kappa shape index (κ1) is 10.2. The molecule has 4 heteroatoms. The van der Waals surface area contributed by atoms with E-state index in [-0.39, 0.29) is 11.9 Å². The van der Waals surface area contributed by atoms with E-state index in [1.165, 1.54) is 0 Å². The highest BCUT2D eigenvalue weighted by Crippen LogP contribution is 2.15. The van der Waals surface area contributed by atoms with Gasteiger partial charge in [-0.05, 0) is 25.8 Å². The maximum atomic E-state index is 12.0. The minimum absolute atomic E-state index is 0.00981. The molecule has 4 nitrogen and oxygen atoms in total. The van der Waals surface area contributed by atoms with Crippen LogP contribution in [0.1, 0.15) is 29.0 Å². The zero-order chi connectivity index (χ0) is 10.8. The smallest absolute Gasteiger partial charge is 0.289 e. The van der Waals surface area contributed by atoms with E-state index in [4.69, 9.17) is 10.2 Å². The first-order valence-corrected chi connectivity index (χ1v) is 5.27. The van der Waals surface area contributed by atoms with Crippen molar-refractivity contribution < 1.29 is 9.21 Å². The SMILES string of the molecule is Cc1ccoc1C(=O)N1CCC(N)CC1. The molecule has 0 aliphatic carbocycles. The van der Waals surface area contributed by atoms with Crippen LogP contribution in [0, 0.1) is 6.92 Å². The summed E-state index contributed by atoms with van der Waals surface area (Å²) in [6, 6.07) is 2.05. The summed E-state index contributed by atoms with van der Waals surface area (Å²) in [6.07, 6.45) is 3.31. The minimum Gasteiger partial charge on any atom is -0.459 e. The second kappa shape index (κ2) is 4.06. The van der Waals surface area contributed by atoms with Crippen molar-refractivity contribution in [1.82, 2.24) is 4.90 Å². The lowest BCUT2D eigenvalue weighted by molar-refractivity contribution is 0.0681. The Bertz CT molecular complexity index is 351. The van der Waals surface area contributed by atoms with Crippen LogP contribution in [0.5, 0.6) is 0 Å². The topological polar surface area (TPSA) is 59.5 Å². The van der Waals surface area contributed by atoms with Crippen molar-refractivity contribution in [3.05, 3.63) is 23.7 Å². The van der Waals surface area contributed by atoms with Crippen LogP contribution in [0.4, 0.5) is 0 Å². The Morgan fingerprint density at radius 3 is 2.73 bits per heavy atom. The summed E-state index contributed by atoms with van der Waals surface area (Å²) in [6.45, 7) is 3.35. The fraction of sp³-hybridized carbons (Fsp3) is 0.545. The van der Waals surface area contributed by atoms with E-state index in [2.05, 4.69) is 0 Å². The standard InChI is InChI=1S/C11H16N2O2/c1-8-4-7-15-10(8)11(14)13-5-2-9(12)3-6-13/h4,7,9H,2-3,5-6,12H2,1H3. The molecule has 0 atom stereocenters. The molecule has 2 heterocycles. The molecule has 1 saturated heterocycles. The summed E-state index contributed by atoms with van der Waals surface area (Å²) in [4.78, 5) is 13.8. The molecule has 0 saturated carbocycles. The third-order valence-corrected chi connectivity index (χ3v) is 2.88. The minimum atomic E-state index is -0.00981. The lowest BCUT2D eigenvalue weighted by atomic mass is 10.1. The summed E-state index contributed by atoms with van der Waals surface area (Å²) in [7, 11) is 0. The number of furan rings is 1. The van der Waals surface area contributed by atoms with Gasteiger partial charge in [0.15, 0.2) is 5.76 Å². The molecule has 2 N–H and O–H groups in total. The van der Waals surface area contributed by atoms with Gasteiger partial charge < -0.3 is 15.1 Å². The van der Waals surface area contributed by atoms with Gasteiger partial charge in [-0.3, -0.25) is 4.79 Å². The number of nitrogens with two attached hydrogens (primary N) is 1. The summed E-state index contributed by atoms with van der Waals surface area (Å²) < 4.78 is 5.18. The molecule has 0 bridgehead atoms.